The summed E-state index contributed by atoms with van der Waals surface area (Å²) < 4.78 is 5.43. The average molecular weight is 254 g/mol. The van der Waals surface area contributed by atoms with Crippen molar-refractivity contribution in [3.05, 3.63) is 16.1 Å². The Balaban J connectivity index is 2.10. The van der Waals surface area contributed by atoms with Crippen molar-refractivity contribution >= 4 is 11.3 Å². The van der Waals surface area contributed by atoms with Gasteiger partial charge in [0.1, 0.15) is 5.01 Å². The Kier molecular flexibility index (Phi) is 4.54. The van der Waals surface area contributed by atoms with Crippen molar-refractivity contribution in [3.63, 3.8) is 0 Å². The summed E-state index contributed by atoms with van der Waals surface area (Å²) in [6.07, 6.45) is 2.28. The van der Waals surface area contributed by atoms with Gasteiger partial charge in [-0.3, -0.25) is 0 Å². The van der Waals surface area contributed by atoms with Gasteiger partial charge in [-0.2, -0.15) is 0 Å². The van der Waals surface area contributed by atoms with Crippen LogP contribution in [0.5, 0.6) is 0 Å². The van der Waals surface area contributed by atoms with E-state index in [9.17, 15) is 0 Å². The fourth-order valence-electron chi connectivity index (χ4n) is 2.32. The number of ether oxygens (including phenoxy) is 1. The van der Waals surface area contributed by atoms with Crippen LogP contribution in [0, 0.1) is 5.92 Å². The quantitative estimate of drug-likeness (QED) is 0.897. The van der Waals surface area contributed by atoms with Gasteiger partial charge < -0.3 is 10.1 Å². The van der Waals surface area contributed by atoms with Gasteiger partial charge in [0.05, 0.1) is 11.7 Å². The van der Waals surface area contributed by atoms with Crippen molar-refractivity contribution < 1.29 is 4.74 Å². The molecule has 1 aliphatic rings. The molecule has 1 aromatic heterocycles. The highest BCUT2D eigenvalue weighted by molar-refractivity contribution is 7.09. The summed E-state index contributed by atoms with van der Waals surface area (Å²) in [5, 5.41) is 6.87. The van der Waals surface area contributed by atoms with Crippen LogP contribution in [0.4, 0.5) is 0 Å². The zero-order chi connectivity index (χ0) is 12.3. The molecular weight excluding hydrogens is 232 g/mol. The molecule has 0 bridgehead atoms. The molecule has 17 heavy (non-hydrogen) atoms. The van der Waals surface area contributed by atoms with E-state index in [0.29, 0.717) is 17.9 Å². The molecule has 2 rings (SSSR count). The molecule has 1 fully saturated rings. The second-order valence-electron chi connectivity index (χ2n) is 4.98. The Morgan fingerprint density at radius 3 is 2.65 bits per heavy atom. The monoisotopic (exact) mass is 254 g/mol. The smallest absolute Gasteiger partial charge is 0.110 e. The van der Waals surface area contributed by atoms with Crippen molar-refractivity contribution in [1.29, 1.82) is 0 Å². The number of hydrogen-bond donors (Lipinski definition) is 1. The Labute approximate surface area is 108 Å². The molecule has 0 saturated carbocycles. The summed E-state index contributed by atoms with van der Waals surface area (Å²) in [4.78, 5) is 4.77. The average Bonchev–Trinajstić information content (AvgIpc) is 2.81. The molecule has 1 N–H and O–H groups in total. The zero-order valence-corrected chi connectivity index (χ0v) is 11.7. The second kappa shape index (κ2) is 5.94. The zero-order valence-electron chi connectivity index (χ0n) is 10.9. The molecule has 1 aromatic rings. The molecular formula is C13H22N2OS. The maximum Gasteiger partial charge on any atom is 0.110 e. The third-order valence-corrected chi connectivity index (χ3v) is 4.39. The van der Waals surface area contributed by atoms with Gasteiger partial charge in [0, 0.05) is 18.6 Å². The van der Waals surface area contributed by atoms with Gasteiger partial charge in [-0.05, 0) is 31.7 Å². The lowest BCUT2D eigenvalue weighted by atomic mass is 9.92. The van der Waals surface area contributed by atoms with Crippen molar-refractivity contribution in [2.45, 2.75) is 38.6 Å². The standard InChI is InChI=1S/C13H22N2OS/c1-9(2)11-8-17-13(15-11)12(14-3)10-4-6-16-7-5-10/h8-10,12,14H,4-7H2,1-3H3. The largest absolute Gasteiger partial charge is 0.381 e. The summed E-state index contributed by atoms with van der Waals surface area (Å²) in [6.45, 7) is 6.18. The first-order valence-corrected chi connectivity index (χ1v) is 7.30. The predicted octanol–water partition coefficient (Wildman–Crippen LogP) is 2.95. The lowest BCUT2D eigenvalue weighted by molar-refractivity contribution is 0.0546. The maximum absolute atomic E-state index is 5.43. The first-order valence-electron chi connectivity index (χ1n) is 6.42. The van der Waals surface area contributed by atoms with E-state index in [0.717, 1.165) is 26.1 Å². The molecule has 0 spiro atoms. The van der Waals surface area contributed by atoms with Gasteiger partial charge in [-0.15, -0.1) is 11.3 Å². The highest BCUT2D eigenvalue weighted by Gasteiger charge is 2.26. The van der Waals surface area contributed by atoms with Crippen LogP contribution >= 0.6 is 11.3 Å². The van der Waals surface area contributed by atoms with Crippen LogP contribution in [0.1, 0.15) is 49.4 Å². The molecule has 0 aliphatic carbocycles. The molecule has 1 atom stereocenters. The third-order valence-electron chi connectivity index (χ3n) is 3.45. The van der Waals surface area contributed by atoms with Crippen LogP contribution in [0.3, 0.4) is 0 Å². The number of nitrogens with zero attached hydrogens (tertiary/aromatic N) is 1. The molecule has 1 unspecified atom stereocenters. The van der Waals surface area contributed by atoms with Crippen LogP contribution in [0.2, 0.25) is 0 Å². The van der Waals surface area contributed by atoms with Crippen LogP contribution in [0.15, 0.2) is 5.38 Å². The highest BCUT2D eigenvalue weighted by Crippen LogP contribution is 2.32. The van der Waals surface area contributed by atoms with Gasteiger partial charge in [0.25, 0.3) is 0 Å². The summed E-state index contributed by atoms with van der Waals surface area (Å²) >= 11 is 1.79. The number of rotatable bonds is 4. The van der Waals surface area contributed by atoms with Gasteiger partial charge in [0.15, 0.2) is 0 Å². The highest BCUT2D eigenvalue weighted by atomic mass is 32.1. The van der Waals surface area contributed by atoms with Crippen molar-refractivity contribution in [3.8, 4) is 0 Å². The van der Waals surface area contributed by atoms with Gasteiger partial charge >= 0.3 is 0 Å². The Morgan fingerprint density at radius 2 is 2.12 bits per heavy atom. The summed E-state index contributed by atoms with van der Waals surface area (Å²) in [6, 6.07) is 0.399. The molecule has 4 heteroatoms. The molecule has 1 saturated heterocycles. The molecule has 96 valence electrons. The number of thiazole rings is 1. The topological polar surface area (TPSA) is 34.2 Å². The maximum atomic E-state index is 5.43. The van der Waals surface area contributed by atoms with E-state index in [-0.39, 0.29) is 0 Å². The van der Waals surface area contributed by atoms with E-state index >= 15 is 0 Å². The molecule has 0 aromatic carbocycles. The lowest BCUT2D eigenvalue weighted by Crippen LogP contribution is -2.29. The normalized spacial score (nSPS) is 19.8. The molecule has 3 nitrogen and oxygen atoms in total. The van der Waals surface area contributed by atoms with Gasteiger partial charge in [-0.25, -0.2) is 4.98 Å². The Morgan fingerprint density at radius 1 is 1.41 bits per heavy atom. The Bertz CT molecular complexity index is 345. The van der Waals surface area contributed by atoms with Gasteiger partial charge in [-0.1, -0.05) is 13.8 Å². The number of hydrogen-bond acceptors (Lipinski definition) is 4. The molecule has 0 amide bonds. The van der Waals surface area contributed by atoms with Crippen molar-refractivity contribution in [2.75, 3.05) is 20.3 Å². The summed E-state index contributed by atoms with van der Waals surface area (Å²) in [5.41, 5.74) is 1.22. The molecule has 2 heterocycles. The third kappa shape index (κ3) is 3.06. The Hall–Kier alpha value is -0.450. The van der Waals surface area contributed by atoms with Crippen molar-refractivity contribution in [2.24, 2.45) is 5.92 Å². The van der Waals surface area contributed by atoms with E-state index < -0.39 is 0 Å². The van der Waals surface area contributed by atoms with Crippen LogP contribution in [-0.2, 0) is 4.74 Å². The van der Waals surface area contributed by atoms with Crippen molar-refractivity contribution in [1.82, 2.24) is 10.3 Å². The fourth-order valence-corrected chi connectivity index (χ4v) is 3.50. The summed E-state index contributed by atoms with van der Waals surface area (Å²) in [7, 11) is 2.04. The number of nitrogens with one attached hydrogen (secondary N) is 1. The van der Waals surface area contributed by atoms with E-state index in [2.05, 4.69) is 24.5 Å². The molecule has 1 aliphatic heterocycles. The minimum absolute atomic E-state index is 0.399. The minimum Gasteiger partial charge on any atom is -0.381 e. The predicted molar refractivity (Wildman–Crippen MR) is 71.5 cm³/mol. The van der Waals surface area contributed by atoms with E-state index in [1.54, 1.807) is 11.3 Å². The SMILES string of the molecule is CNC(c1nc(C(C)C)cs1)C1CCOCC1. The number of aromatic nitrogens is 1. The lowest BCUT2D eigenvalue weighted by Gasteiger charge is -2.28. The van der Waals surface area contributed by atoms with E-state index in [1.807, 2.05) is 7.05 Å². The first kappa shape index (κ1) is 13.0. The van der Waals surface area contributed by atoms with E-state index in [1.165, 1.54) is 10.7 Å². The fraction of sp³-hybridized carbons (Fsp3) is 0.769. The van der Waals surface area contributed by atoms with Gasteiger partial charge in [0.2, 0.25) is 0 Å². The second-order valence-corrected chi connectivity index (χ2v) is 5.87. The van der Waals surface area contributed by atoms with Crippen LogP contribution in [-0.4, -0.2) is 25.2 Å². The van der Waals surface area contributed by atoms with E-state index in [4.69, 9.17) is 9.72 Å². The van der Waals surface area contributed by atoms with Crippen LogP contribution < -0.4 is 5.32 Å². The van der Waals surface area contributed by atoms with Crippen LogP contribution in [0.25, 0.3) is 0 Å². The summed E-state index contributed by atoms with van der Waals surface area (Å²) in [5.74, 6) is 1.19. The minimum atomic E-state index is 0.399. The first-order chi connectivity index (χ1) is 8.22. The molecule has 0 radical (unpaired) electrons.